The van der Waals surface area contributed by atoms with Gasteiger partial charge in [0, 0.05) is 13.1 Å². The maximum Gasteiger partial charge on any atom is 0.224 e. The molecule has 154 valence electrons. The molecular weight excluding hydrogens is 386 g/mol. The second-order valence-corrected chi connectivity index (χ2v) is 6.98. The number of carbonyl (C=O) groups is 2. The fraction of sp³-hybridized carbons (Fsp3) is 0.167. The number of carbonyl (C=O) groups excluding carboxylic acids is 2. The van der Waals surface area contributed by atoms with Crippen molar-refractivity contribution in [3.63, 3.8) is 0 Å². The van der Waals surface area contributed by atoms with Gasteiger partial charge >= 0.3 is 0 Å². The standard InChI is InChI=1S/C24H22F2N2O2/c25-21-8-4-17(5-9-21)13-23(29)27-15-19-2-1-3-20(12-19)16-28-24(30)14-18-6-10-22(26)11-7-18/h1-12H,13-16H2,(H,27,29)(H,28,30). The van der Waals surface area contributed by atoms with Crippen LogP contribution in [0.3, 0.4) is 0 Å². The molecule has 0 heterocycles. The number of halogens is 2. The van der Waals surface area contributed by atoms with Gasteiger partial charge in [-0.15, -0.1) is 0 Å². The minimum atomic E-state index is -0.333. The van der Waals surface area contributed by atoms with Gasteiger partial charge < -0.3 is 10.6 Å². The van der Waals surface area contributed by atoms with Crippen molar-refractivity contribution in [2.45, 2.75) is 25.9 Å². The summed E-state index contributed by atoms with van der Waals surface area (Å²) in [4.78, 5) is 24.2. The van der Waals surface area contributed by atoms with Crippen LogP contribution in [0.2, 0.25) is 0 Å². The SMILES string of the molecule is O=C(Cc1ccc(F)cc1)NCc1cccc(CNC(=O)Cc2ccc(F)cc2)c1. The molecule has 0 aromatic heterocycles. The molecule has 3 rings (SSSR count). The summed E-state index contributed by atoms with van der Waals surface area (Å²) in [5.41, 5.74) is 3.30. The van der Waals surface area contributed by atoms with Gasteiger partial charge in [0.25, 0.3) is 0 Å². The lowest BCUT2D eigenvalue weighted by Gasteiger charge is -2.09. The van der Waals surface area contributed by atoms with Gasteiger partial charge in [-0.1, -0.05) is 48.5 Å². The van der Waals surface area contributed by atoms with Crippen LogP contribution in [-0.2, 0) is 35.5 Å². The zero-order chi connectivity index (χ0) is 21.3. The molecule has 2 N–H and O–H groups in total. The van der Waals surface area contributed by atoms with Crippen molar-refractivity contribution in [2.24, 2.45) is 0 Å². The van der Waals surface area contributed by atoms with Gasteiger partial charge in [0.1, 0.15) is 11.6 Å². The zero-order valence-electron chi connectivity index (χ0n) is 16.3. The minimum Gasteiger partial charge on any atom is -0.352 e. The first kappa shape index (κ1) is 21.2. The largest absolute Gasteiger partial charge is 0.352 e. The first-order chi connectivity index (χ1) is 14.5. The van der Waals surface area contributed by atoms with Gasteiger partial charge in [-0.2, -0.15) is 0 Å². The third-order valence-electron chi connectivity index (χ3n) is 4.53. The first-order valence-corrected chi connectivity index (χ1v) is 9.58. The highest BCUT2D eigenvalue weighted by Gasteiger charge is 2.06. The highest BCUT2D eigenvalue weighted by Crippen LogP contribution is 2.08. The number of rotatable bonds is 8. The number of nitrogens with one attached hydrogen (secondary N) is 2. The van der Waals surface area contributed by atoms with Gasteiger partial charge in [-0.3, -0.25) is 9.59 Å². The molecule has 0 aliphatic heterocycles. The van der Waals surface area contributed by atoms with Crippen LogP contribution in [0.4, 0.5) is 8.78 Å². The molecule has 0 fully saturated rings. The number of amides is 2. The summed E-state index contributed by atoms with van der Waals surface area (Å²) in [6, 6.07) is 19.2. The Labute approximate surface area is 173 Å². The maximum absolute atomic E-state index is 12.9. The lowest BCUT2D eigenvalue weighted by atomic mass is 10.1. The van der Waals surface area contributed by atoms with Crippen molar-refractivity contribution in [3.05, 3.63) is 107 Å². The van der Waals surface area contributed by atoms with Gasteiger partial charge in [0.05, 0.1) is 12.8 Å². The molecule has 0 saturated carbocycles. The van der Waals surface area contributed by atoms with Crippen LogP contribution in [0, 0.1) is 11.6 Å². The fourth-order valence-corrected chi connectivity index (χ4v) is 2.95. The third kappa shape index (κ3) is 6.81. The molecule has 0 aliphatic carbocycles. The molecule has 0 unspecified atom stereocenters. The lowest BCUT2D eigenvalue weighted by molar-refractivity contribution is -0.121. The van der Waals surface area contributed by atoms with E-state index in [4.69, 9.17) is 0 Å². The van der Waals surface area contributed by atoms with E-state index in [0.717, 1.165) is 22.3 Å². The smallest absolute Gasteiger partial charge is 0.224 e. The summed E-state index contributed by atoms with van der Waals surface area (Å²) < 4.78 is 25.9. The molecule has 0 saturated heterocycles. The molecule has 3 aromatic carbocycles. The predicted molar refractivity (Wildman–Crippen MR) is 110 cm³/mol. The zero-order valence-corrected chi connectivity index (χ0v) is 16.3. The second-order valence-electron chi connectivity index (χ2n) is 6.98. The molecule has 0 bridgehead atoms. The van der Waals surface area contributed by atoms with Crippen LogP contribution in [-0.4, -0.2) is 11.8 Å². The van der Waals surface area contributed by atoms with Crippen molar-refractivity contribution in [1.29, 1.82) is 0 Å². The summed E-state index contributed by atoms with van der Waals surface area (Å²) in [6.45, 7) is 0.717. The summed E-state index contributed by atoms with van der Waals surface area (Å²) in [5.74, 6) is -0.972. The van der Waals surface area contributed by atoms with Crippen LogP contribution in [0.1, 0.15) is 22.3 Å². The lowest BCUT2D eigenvalue weighted by Crippen LogP contribution is -2.25. The second kappa shape index (κ2) is 10.3. The van der Waals surface area contributed by atoms with Crippen molar-refractivity contribution >= 4 is 11.8 Å². The Balaban J connectivity index is 1.45. The van der Waals surface area contributed by atoms with Crippen LogP contribution in [0.5, 0.6) is 0 Å². The molecule has 0 radical (unpaired) electrons. The third-order valence-corrected chi connectivity index (χ3v) is 4.53. The van der Waals surface area contributed by atoms with Crippen molar-refractivity contribution in [1.82, 2.24) is 10.6 Å². The van der Waals surface area contributed by atoms with Crippen molar-refractivity contribution in [2.75, 3.05) is 0 Å². The topological polar surface area (TPSA) is 58.2 Å². The molecular formula is C24H22F2N2O2. The molecule has 0 aliphatic rings. The van der Waals surface area contributed by atoms with Crippen LogP contribution >= 0.6 is 0 Å². The molecule has 4 nitrogen and oxygen atoms in total. The Bertz CT molecular complexity index is 924. The Morgan fingerprint density at radius 3 is 1.40 bits per heavy atom. The Morgan fingerprint density at radius 2 is 1.00 bits per heavy atom. The van der Waals surface area contributed by atoms with E-state index in [-0.39, 0.29) is 36.3 Å². The van der Waals surface area contributed by atoms with Gasteiger partial charge in [-0.05, 0) is 46.5 Å². The van der Waals surface area contributed by atoms with Crippen molar-refractivity contribution in [3.8, 4) is 0 Å². The average molecular weight is 408 g/mol. The summed E-state index contributed by atoms with van der Waals surface area (Å²) in [5, 5.41) is 5.68. The van der Waals surface area contributed by atoms with E-state index in [1.807, 2.05) is 24.3 Å². The Hall–Kier alpha value is -3.54. The highest BCUT2D eigenvalue weighted by molar-refractivity contribution is 5.79. The number of hydrogen-bond acceptors (Lipinski definition) is 2. The minimum absolute atomic E-state index is 0.153. The first-order valence-electron chi connectivity index (χ1n) is 9.58. The van der Waals surface area contributed by atoms with E-state index >= 15 is 0 Å². The fourth-order valence-electron chi connectivity index (χ4n) is 2.95. The molecule has 0 spiro atoms. The monoisotopic (exact) mass is 408 g/mol. The van der Waals surface area contributed by atoms with Gasteiger partial charge in [-0.25, -0.2) is 8.78 Å². The molecule has 2 amide bonds. The Kier molecular flexibility index (Phi) is 7.27. The van der Waals surface area contributed by atoms with Crippen LogP contribution in [0.25, 0.3) is 0 Å². The molecule has 30 heavy (non-hydrogen) atoms. The maximum atomic E-state index is 12.9. The van der Waals surface area contributed by atoms with E-state index in [0.29, 0.717) is 13.1 Å². The molecule has 0 atom stereocenters. The summed E-state index contributed by atoms with van der Waals surface area (Å²) in [6.07, 6.45) is 0.360. The normalized spacial score (nSPS) is 10.5. The molecule has 6 heteroatoms. The van der Waals surface area contributed by atoms with Crippen LogP contribution < -0.4 is 10.6 Å². The van der Waals surface area contributed by atoms with E-state index in [1.165, 1.54) is 24.3 Å². The van der Waals surface area contributed by atoms with Gasteiger partial charge in [0.2, 0.25) is 11.8 Å². The van der Waals surface area contributed by atoms with E-state index in [2.05, 4.69) is 10.6 Å². The highest BCUT2D eigenvalue weighted by atomic mass is 19.1. The summed E-state index contributed by atoms with van der Waals surface area (Å²) >= 11 is 0. The van der Waals surface area contributed by atoms with Crippen LogP contribution in [0.15, 0.2) is 72.8 Å². The Morgan fingerprint density at radius 1 is 0.600 bits per heavy atom. The number of benzene rings is 3. The quantitative estimate of drug-likeness (QED) is 0.597. The van der Waals surface area contributed by atoms with E-state index < -0.39 is 0 Å². The predicted octanol–water partition coefficient (Wildman–Crippen LogP) is 3.68. The molecule has 3 aromatic rings. The van der Waals surface area contributed by atoms with E-state index in [9.17, 15) is 18.4 Å². The summed E-state index contributed by atoms with van der Waals surface area (Å²) in [7, 11) is 0. The van der Waals surface area contributed by atoms with Gasteiger partial charge in [0.15, 0.2) is 0 Å². The van der Waals surface area contributed by atoms with E-state index in [1.54, 1.807) is 24.3 Å². The van der Waals surface area contributed by atoms with Crippen molar-refractivity contribution < 1.29 is 18.4 Å². The average Bonchev–Trinajstić information content (AvgIpc) is 2.74. The number of hydrogen-bond donors (Lipinski definition) is 2.